The zero-order valence-electron chi connectivity index (χ0n) is 6.75. The van der Waals surface area contributed by atoms with E-state index in [0.29, 0.717) is 5.75 Å². The van der Waals surface area contributed by atoms with Crippen LogP contribution in [0, 0.1) is 0 Å². The van der Waals surface area contributed by atoms with Crippen LogP contribution in [0.2, 0.25) is 0 Å². The molecule has 2 rings (SSSR count). The van der Waals surface area contributed by atoms with Gasteiger partial charge in [-0.2, -0.15) is 0 Å². The third-order valence-electron chi connectivity index (χ3n) is 2.17. The minimum atomic E-state index is 0.116. The number of hydrogen-bond donors (Lipinski definition) is 3. The summed E-state index contributed by atoms with van der Waals surface area (Å²) in [5, 5.41) is 12.6. The number of hydrogen-bond acceptors (Lipinski definition) is 3. The number of nitrogens with two attached hydrogens (primary N) is 1. The molecule has 0 spiro atoms. The first-order valence-electron chi connectivity index (χ1n) is 4.07. The molecule has 12 heavy (non-hydrogen) atoms. The molecule has 0 unspecified atom stereocenters. The van der Waals surface area contributed by atoms with Gasteiger partial charge >= 0.3 is 0 Å². The van der Waals surface area contributed by atoms with Gasteiger partial charge in [0.1, 0.15) is 5.75 Å². The number of anilines is 1. The zero-order valence-corrected chi connectivity index (χ0v) is 6.75. The molecule has 1 aliphatic rings. The van der Waals surface area contributed by atoms with Crippen LogP contribution in [-0.2, 0) is 6.42 Å². The Morgan fingerprint density at radius 2 is 2.33 bits per heavy atom. The summed E-state index contributed by atoms with van der Waals surface area (Å²) in [5.74, 6) is 0.343. The summed E-state index contributed by atoms with van der Waals surface area (Å²) < 4.78 is 0. The average Bonchev–Trinajstić information content (AvgIpc) is 2.07. The Morgan fingerprint density at radius 3 is 3.17 bits per heavy atom. The Bertz CT molecular complexity index is 299. The van der Waals surface area contributed by atoms with Crippen molar-refractivity contribution in [2.45, 2.75) is 12.5 Å². The highest BCUT2D eigenvalue weighted by atomic mass is 16.3. The van der Waals surface area contributed by atoms with Gasteiger partial charge in [-0.15, -0.1) is 0 Å². The predicted octanol–water partition coefficient (Wildman–Crippen LogP) is 0.687. The molecular weight excluding hydrogens is 152 g/mol. The second-order valence-electron chi connectivity index (χ2n) is 3.15. The normalized spacial score (nSPS) is 21.2. The van der Waals surface area contributed by atoms with Crippen LogP contribution in [0.5, 0.6) is 5.75 Å². The van der Waals surface area contributed by atoms with Crippen molar-refractivity contribution in [3.05, 3.63) is 23.8 Å². The summed E-state index contributed by atoms with van der Waals surface area (Å²) >= 11 is 0. The van der Waals surface area contributed by atoms with Crippen molar-refractivity contribution in [3.63, 3.8) is 0 Å². The van der Waals surface area contributed by atoms with Crippen molar-refractivity contribution >= 4 is 5.69 Å². The summed E-state index contributed by atoms with van der Waals surface area (Å²) in [7, 11) is 0. The van der Waals surface area contributed by atoms with Crippen molar-refractivity contribution in [1.82, 2.24) is 0 Å². The smallest absolute Gasteiger partial charge is 0.120 e. The van der Waals surface area contributed by atoms with Gasteiger partial charge in [0.2, 0.25) is 0 Å². The first-order valence-corrected chi connectivity index (χ1v) is 4.07. The summed E-state index contributed by atoms with van der Waals surface area (Å²) in [6, 6.07) is 5.60. The molecule has 1 aromatic rings. The van der Waals surface area contributed by atoms with Gasteiger partial charge in [-0.25, -0.2) is 0 Å². The van der Waals surface area contributed by atoms with E-state index in [-0.39, 0.29) is 6.04 Å². The third-order valence-corrected chi connectivity index (χ3v) is 2.17. The lowest BCUT2D eigenvalue weighted by Gasteiger charge is -2.23. The predicted molar refractivity (Wildman–Crippen MR) is 48.3 cm³/mol. The van der Waals surface area contributed by atoms with E-state index in [2.05, 4.69) is 5.32 Å². The lowest BCUT2D eigenvalue weighted by molar-refractivity contribution is 0.464. The maximum Gasteiger partial charge on any atom is 0.120 e. The highest BCUT2D eigenvalue weighted by molar-refractivity contribution is 5.59. The van der Waals surface area contributed by atoms with Crippen LogP contribution >= 0.6 is 0 Å². The Hall–Kier alpha value is -1.22. The molecule has 1 heterocycles. The van der Waals surface area contributed by atoms with Crippen LogP contribution in [0.25, 0.3) is 0 Å². The second-order valence-corrected chi connectivity index (χ2v) is 3.15. The molecule has 1 aliphatic heterocycles. The molecule has 0 saturated carbocycles. The van der Waals surface area contributed by atoms with Crippen molar-refractivity contribution in [1.29, 1.82) is 0 Å². The summed E-state index contributed by atoms with van der Waals surface area (Å²) in [6.45, 7) is 0.788. The molecule has 64 valence electrons. The molecule has 0 saturated heterocycles. The lowest BCUT2D eigenvalue weighted by atomic mass is 9.99. The molecule has 0 aliphatic carbocycles. The molecule has 0 radical (unpaired) electrons. The number of fused-ring (bicyclic) bond motifs is 1. The molecule has 3 nitrogen and oxygen atoms in total. The van der Waals surface area contributed by atoms with E-state index in [1.807, 2.05) is 12.1 Å². The quantitative estimate of drug-likeness (QED) is 0.528. The van der Waals surface area contributed by atoms with Crippen molar-refractivity contribution in [3.8, 4) is 5.75 Å². The SMILES string of the molecule is N[C@@H]1CNc2cccc(O)c2C1. The minimum Gasteiger partial charge on any atom is -0.508 e. The number of phenolic OH excluding ortho intramolecular Hbond substituents is 1. The van der Waals surface area contributed by atoms with E-state index in [0.717, 1.165) is 24.2 Å². The molecule has 0 aromatic heterocycles. The lowest BCUT2D eigenvalue weighted by Crippen LogP contribution is -2.35. The Labute approximate surface area is 71.2 Å². The zero-order chi connectivity index (χ0) is 8.55. The number of phenols is 1. The monoisotopic (exact) mass is 164 g/mol. The van der Waals surface area contributed by atoms with E-state index < -0.39 is 0 Å². The highest BCUT2D eigenvalue weighted by Crippen LogP contribution is 2.28. The Kier molecular flexibility index (Phi) is 1.66. The Morgan fingerprint density at radius 1 is 1.50 bits per heavy atom. The van der Waals surface area contributed by atoms with Gasteiger partial charge in [-0.05, 0) is 18.6 Å². The maximum atomic E-state index is 9.48. The van der Waals surface area contributed by atoms with E-state index in [1.54, 1.807) is 6.07 Å². The van der Waals surface area contributed by atoms with Crippen molar-refractivity contribution in [2.24, 2.45) is 5.73 Å². The molecule has 0 fully saturated rings. The Balaban J connectivity index is 2.43. The van der Waals surface area contributed by atoms with Crippen LogP contribution in [-0.4, -0.2) is 17.7 Å². The first-order chi connectivity index (χ1) is 5.77. The topological polar surface area (TPSA) is 58.3 Å². The molecule has 1 atom stereocenters. The summed E-state index contributed by atoms with van der Waals surface area (Å²) in [4.78, 5) is 0. The highest BCUT2D eigenvalue weighted by Gasteiger charge is 2.16. The fraction of sp³-hybridized carbons (Fsp3) is 0.333. The van der Waals surface area contributed by atoms with Crippen molar-refractivity contribution in [2.75, 3.05) is 11.9 Å². The standard InChI is InChI=1S/C9H12N2O/c10-6-4-7-8(11-5-6)2-1-3-9(7)12/h1-3,6,11-12H,4-5,10H2/t6-/m0/s1. The van der Waals surface area contributed by atoms with E-state index in [9.17, 15) is 5.11 Å². The van der Waals surface area contributed by atoms with Crippen LogP contribution in [0.4, 0.5) is 5.69 Å². The number of nitrogens with one attached hydrogen (secondary N) is 1. The fourth-order valence-electron chi connectivity index (χ4n) is 1.53. The third kappa shape index (κ3) is 1.12. The largest absolute Gasteiger partial charge is 0.508 e. The fourth-order valence-corrected chi connectivity index (χ4v) is 1.53. The molecular formula is C9H12N2O. The van der Waals surface area contributed by atoms with Gasteiger partial charge in [0.05, 0.1) is 0 Å². The minimum absolute atomic E-state index is 0.116. The van der Waals surface area contributed by atoms with Gasteiger partial charge in [0, 0.05) is 23.8 Å². The number of aromatic hydroxyl groups is 1. The summed E-state index contributed by atoms with van der Waals surface area (Å²) in [6.07, 6.45) is 0.759. The van der Waals surface area contributed by atoms with Gasteiger partial charge in [-0.1, -0.05) is 6.07 Å². The summed E-state index contributed by atoms with van der Waals surface area (Å²) in [5.41, 5.74) is 7.70. The van der Waals surface area contributed by atoms with Crippen molar-refractivity contribution < 1.29 is 5.11 Å². The van der Waals surface area contributed by atoms with Crippen LogP contribution in [0.15, 0.2) is 18.2 Å². The van der Waals surface area contributed by atoms with E-state index >= 15 is 0 Å². The molecule has 1 aromatic carbocycles. The second kappa shape index (κ2) is 2.68. The average molecular weight is 164 g/mol. The van der Waals surface area contributed by atoms with Gasteiger partial charge < -0.3 is 16.2 Å². The molecule has 4 N–H and O–H groups in total. The molecule has 3 heteroatoms. The van der Waals surface area contributed by atoms with Crippen LogP contribution in [0.1, 0.15) is 5.56 Å². The molecule has 0 bridgehead atoms. The maximum absolute atomic E-state index is 9.48. The van der Waals surface area contributed by atoms with E-state index in [4.69, 9.17) is 5.73 Å². The van der Waals surface area contributed by atoms with Gasteiger partial charge in [0.25, 0.3) is 0 Å². The number of benzene rings is 1. The van der Waals surface area contributed by atoms with E-state index in [1.165, 1.54) is 0 Å². The number of rotatable bonds is 0. The van der Waals surface area contributed by atoms with Gasteiger partial charge in [-0.3, -0.25) is 0 Å². The van der Waals surface area contributed by atoms with Crippen LogP contribution < -0.4 is 11.1 Å². The first kappa shape index (κ1) is 7.43. The van der Waals surface area contributed by atoms with Crippen LogP contribution in [0.3, 0.4) is 0 Å². The van der Waals surface area contributed by atoms with Gasteiger partial charge in [0.15, 0.2) is 0 Å². The molecule has 0 amide bonds.